The van der Waals surface area contributed by atoms with Crippen LogP contribution in [0.1, 0.15) is 40.5 Å². The predicted octanol–water partition coefficient (Wildman–Crippen LogP) is 2.21. The highest BCUT2D eigenvalue weighted by atomic mass is 16.5. The van der Waals surface area contributed by atoms with Gasteiger partial charge in [-0.1, -0.05) is 0 Å². The zero-order chi connectivity index (χ0) is 17.9. The van der Waals surface area contributed by atoms with Crippen molar-refractivity contribution in [3.63, 3.8) is 0 Å². The third-order valence-electron chi connectivity index (χ3n) is 5.00. The monoisotopic (exact) mass is 356 g/mol. The van der Waals surface area contributed by atoms with Crippen LogP contribution in [-0.4, -0.2) is 53.1 Å². The van der Waals surface area contributed by atoms with Crippen molar-refractivity contribution in [2.75, 3.05) is 31.6 Å². The molecule has 2 aliphatic heterocycles. The summed E-state index contributed by atoms with van der Waals surface area (Å²) in [5.74, 6) is 1.95. The van der Waals surface area contributed by atoms with Crippen molar-refractivity contribution in [1.82, 2.24) is 14.9 Å². The van der Waals surface area contributed by atoms with Crippen LogP contribution in [0.25, 0.3) is 0 Å². The first-order chi connectivity index (χ1) is 12.7. The average Bonchev–Trinajstić information content (AvgIpc) is 3.30. The Balaban J connectivity index is 1.49. The molecule has 1 fully saturated rings. The lowest BCUT2D eigenvalue weighted by atomic mass is 10.1. The fourth-order valence-electron chi connectivity index (χ4n) is 3.64. The Hall–Kier alpha value is -2.41. The summed E-state index contributed by atoms with van der Waals surface area (Å²) in [4.78, 5) is 23.6. The van der Waals surface area contributed by atoms with Gasteiger partial charge in [0.05, 0.1) is 18.1 Å². The van der Waals surface area contributed by atoms with Crippen molar-refractivity contribution in [3.8, 4) is 0 Å². The summed E-state index contributed by atoms with van der Waals surface area (Å²) in [7, 11) is 0. The second-order valence-corrected chi connectivity index (χ2v) is 6.83. The normalized spacial score (nSPS) is 19.9. The van der Waals surface area contributed by atoms with Crippen LogP contribution in [0, 0.1) is 6.92 Å². The second kappa shape index (κ2) is 7.45. The third kappa shape index (κ3) is 3.58. The minimum absolute atomic E-state index is 0.0682. The molecule has 1 N–H and O–H groups in total. The van der Waals surface area contributed by atoms with E-state index in [4.69, 9.17) is 9.15 Å². The molecule has 0 aromatic carbocycles. The van der Waals surface area contributed by atoms with E-state index in [9.17, 15) is 4.79 Å². The molecule has 4 heterocycles. The maximum absolute atomic E-state index is 12.6. The maximum Gasteiger partial charge on any atom is 0.289 e. The summed E-state index contributed by atoms with van der Waals surface area (Å²) in [6, 6.07) is 3.45. The SMILES string of the molecule is Cc1nc2c(c(NC[C@H]3CCCO3)n1)CCN(C(=O)c1ccco1)CC2. The number of aryl methyl sites for hydroxylation is 1. The van der Waals surface area contributed by atoms with Crippen LogP contribution < -0.4 is 5.32 Å². The number of furan rings is 1. The van der Waals surface area contributed by atoms with Gasteiger partial charge in [0, 0.05) is 38.2 Å². The van der Waals surface area contributed by atoms with E-state index in [1.807, 2.05) is 11.8 Å². The van der Waals surface area contributed by atoms with Gasteiger partial charge in [-0.2, -0.15) is 0 Å². The van der Waals surface area contributed by atoms with Gasteiger partial charge in [-0.05, 0) is 38.3 Å². The average molecular weight is 356 g/mol. The minimum Gasteiger partial charge on any atom is -0.459 e. The number of hydrogen-bond acceptors (Lipinski definition) is 6. The molecule has 26 heavy (non-hydrogen) atoms. The number of carbonyl (C=O) groups is 1. The summed E-state index contributed by atoms with van der Waals surface area (Å²) < 4.78 is 11.0. The zero-order valence-electron chi connectivity index (χ0n) is 15.0. The Morgan fingerprint density at radius 1 is 1.35 bits per heavy atom. The molecule has 0 saturated carbocycles. The van der Waals surface area contributed by atoms with Crippen molar-refractivity contribution in [3.05, 3.63) is 41.2 Å². The lowest BCUT2D eigenvalue weighted by molar-refractivity contribution is 0.0731. The van der Waals surface area contributed by atoms with Gasteiger partial charge in [0.1, 0.15) is 11.6 Å². The lowest BCUT2D eigenvalue weighted by Crippen LogP contribution is -2.33. The fourth-order valence-corrected chi connectivity index (χ4v) is 3.64. The number of rotatable bonds is 4. The van der Waals surface area contributed by atoms with Crippen molar-refractivity contribution < 1.29 is 13.9 Å². The standard InChI is InChI=1S/C19H24N4O3/c1-13-21-16-7-9-23(19(24)17-5-3-11-26-17)8-6-15(16)18(22-13)20-12-14-4-2-10-25-14/h3,5,11,14H,2,4,6-10,12H2,1H3,(H,20,21,22)/t14-/m1/s1. The quantitative estimate of drug-likeness (QED) is 0.905. The molecule has 2 aromatic heterocycles. The highest BCUT2D eigenvalue weighted by molar-refractivity contribution is 5.91. The number of hydrogen-bond donors (Lipinski definition) is 1. The zero-order valence-corrected chi connectivity index (χ0v) is 15.0. The van der Waals surface area contributed by atoms with Crippen molar-refractivity contribution >= 4 is 11.7 Å². The van der Waals surface area contributed by atoms with Gasteiger partial charge in [-0.25, -0.2) is 9.97 Å². The van der Waals surface area contributed by atoms with Crippen molar-refractivity contribution in [2.24, 2.45) is 0 Å². The highest BCUT2D eigenvalue weighted by Crippen LogP contribution is 2.23. The van der Waals surface area contributed by atoms with Crippen LogP contribution >= 0.6 is 0 Å². The Bertz CT molecular complexity index is 769. The van der Waals surface area contributed by atoms with Crippen LogP contribution in [0.2, 0.25) is 0 Å². The van der Waals surface area contributed by atoms with E-state index in [1.54, 1.807) is 12.1 Å². The summed E-state index contributed by atoms with van der Waals surface area (Å²) >= 11 is 0. The molecule has 2 aliphatic rings. The Labute approximate surface area is 152 Å². The summed E-state index contributed by atoms with van der Waals surface area (Å²) in [6.07, 6.45) is 5.45. The molecular formula is C19H24N4O3. The summed E-state index contributed by atoms with van der Waals surface area (Å²) in [6.45, 7) is 4.78. The van der Waals surface area contributed by atoms with E-state index in [-0.39, 0.29) is 12.0 Å². The molecule has 7 nitrogen and oxygen atoms in total. The molecule has 0 spiro atoms. The fraction of sp³-hybridized carbons (Fsp3) is 0.526. The van der Waals surface area contributed by atoms with E-state index in [0.717, 1.165) is 61.7 Å². The van der Waals surface area contributed by atoms with Crippen LogP contribution in [0.3, 0.4) is 0 Å². The summed E-state index contributed by atoms with van der Waals surface area (Å²) in [5, 5.41) is 3.46. The molecule has 1 saturated heterocycles. The van der Waals surface area contributed by atoms with E-state index in [2.05, 4.69) is 15.3 Å². The number of amides is 1. The van der Waals surface area contributed by atoms with Crippen LogP contribution in [-0.2, 0) is 17.6 Å². The first-order valence-electron chi connectivity index (χ1n) is 9.25. The van der Waals surface area contributed by atoms with Gasteiger partial charge in [0.2, 0.25) is 0 Å². The van der Waals surface area contributed by atoms with E-state index in [1.165, 1.54) is 6.26 Å². The van der Waals surface area contributed by atoms with Crippen LogP contribution in [0.4, 0.5) is 5.82 Å². The molecule has 138 valence electrons. The molecule has 1 atom stereocenters. The molecule has 2 aromatic rings. The second-order valence-electron chi connectivity index (χ2n) is 6.83. The lowest BCUT2D eigenvalue weighted by Gasteiger charge is -2.18. The molecule has 4 rings (SSSR count). The summed E-state index contributed by atoms with van der Waals surface area (Å²) in [5.41, 5.74) is 2.14. The largest absolute Gasteiger partial charge is 0.459 e. The number of ether oxygens (including phenoxy) is 1. The highest BCUT2D eigenvalue weighted by Gasteiger charge is 2.25. The number of nitrogens with zero attached hydrogens (tertiary/aromatic N) is 3. The van der Waals surface area contributed by atoms with Gasteiger partial charge < -0.3 is 19.4 Å². The molecule has 1 amide bonds. The first kappa shape index (κ1) is 17.0. The van der Waals surface area contributed by atoms with E-state index < -0.39 is 0 Å². The predicted molar refractivity (Wildman–Crippen MR) is 96.3 cm³/mol. The number of anilines is 1. The third-order valence-corrected chi connectivity index (χ3v) is 5.00. The van der Waals surface area contributed by atoms with Crippen molar-refractivity contribution in [1.29, 1.82) is 0 Å². The van der Waals surface area contributed by atoms with E-state index >= 15 is 0 Å². The Morgan fingerprint density at radius 3 is 3.00 bits per heavy atom. The van der Waals surface area contributed by atoms with Gasteiger partial charge in [0.25, 0.3) is 5.91 Å². The minimum atomic E-state index is -0.0682. The molecule has 0 radical (unpaired) electrons. The molecule has 0 aliphatic carbocycles. The van der Waals surface area contributed by atoms with E-state index in [0.29, 0.717) is 18.8 Å². The van der Waals surface area contributed by atoms with Crippen LogP contribution in [0.5, 0.6) is 0 Å². The number of aromatic nitrogens is 2. The van der Waals surface area contributed by atoms with Gasteiger partial charge in [0.15, 0.2) is 5.76 Å². The van der Waals surface area contributed by atoms with Crippen molar-refractivity contribution in [2.45, 2.75) is 38.7 Å². The number of nitrogens with one attached hydrogen (secondary N) is 1. The number of carbonyl (C=O) groups excluding carboxylic acids is 1. The molecule has 7 heteroatoms. The van der Waals surface area contributed by atoms with Gasteiger partial charge >= 0.3 is 0 Å². The Morgan fingerprint density at radius 2 is 2.23 bits per heavy atom. The van der Waals surface area contributed by atoms with Crippen LogP contribution in [0.15, 0.2) is 22.8 Å². The smallest absolute Gasteiger partial charge is 0.289 e. The molecule has 0 unspecified atom stereocenters. The number of fused-ring (bicyclic) bond motifs is 1. The first-order valence-corrected chi connectivity index (χ1v) is 9.25. The van der Waals surface area contributed by atoms with Gasteiger partial charge in [-0.3, -0.25) is 4.79 Å². The molecule has 0 bridgehead atoms. The Kier molecular flexibility index (Phi) is 4.88. The van der Waals surface area contributed by atoms with Gasteiger partial charge in [-0.15, -0.1) is 0 Å². The molecular weight excluding hydrogens is 332 g/mol. The topological polar surface area (TPSA) is 80.5 Å². The maximum atomic E-state index is 12.6.